The number of nitrogens with zero attached hydrogens (tertiary/aromatic N) is 2. The minimum Gasteiger partial charge on any atom is -0.468 e. The molecular formula is C20H28ClN3O4. The summed E-state index contributed by atoms with van der Waals surface area (Å²) in [6, 6.07) is 6.03. The highest BCUT2D eigenvalue weighted by atomic mass is 35.5. The quantitative estimate of drug-likeness (QED) is 0.725. The second kappa shape index (κ2) is 9.89. The predicted molar refractivity (Wildman–Crippen MR) is 107 cm³/mol. The predicted octanol–water partition coefficient (Wildman–Crippen LogP) is 1.86. The molecule has 0 spiro atoms. The Kier molecular flexibility index (Phi) is 7.83. The Labute approximate surface area is 171 Å². The first-order valence-electron chi connectivity index (χ1n) is 9.38. The van der Waals surface area contributed by atoms with Crippen molar-refractivity contribution in [2.45, 2.75) is 32.9 Å². The highest BCUT2D eigenvalue weighted by Gasteiger charge is 2.35. The van der Waals surface area contributed by atoms with E-state index in [1.54, 1.807) is 11.0 Å². The van der Waals surface area contributed by atoms with Gasteiger partial charge in [-0.2, -0.15) is 0 Å². The fourth-order valence-corrected chi connectivity index (χ4v) is 3.65. The monoisotopic (exact) mass is 409 g/mol. The number of amides is 2. The molecule has 1 aromatic rings. The molecule has 2 amide bonds. The van der Waals surface area contributed by atoms with Crippen LogP contribution < -0.4 is 5.32 Å². The maximum Gasteiger partial charge on any atom is 0.327 e. The van der Waals surface area contributed by atoms with Gasteiger partial charge in [-0.05, 0) is 17.5 Å². The van der Waals surface area contributed by atoms with Gasteiger partial charge in [0, 0.05) is 38.1 Å². The van der Waals surface area contributed by atoms with Gasteiger partial charge in [-0.25, -0.2) is 4.79 Å². The summed E-state index contributed by atoms with van der Waals surface area (Å²) < 4.78 is 5.00. The smallest absolute Gasteiger partial charge is 0.327 e. The zero-order valence-electron chi connectivity index (χ0n) is 16.8. The van der Waals surface area contributed by atoms with Gasteiger partial charge in [-0.1, -0.05) is 43.6 Å². The van der Waals surface area contributed by atoms with Crippen LogP contribution in [0.3, 0.4) is 0 Å². The Balaban J connectivity index is 2.12. The van der Waals surface area contributed by atoms with E-state index in [1.165, 1.54) is 14.0 Å². The number of ether oxygens (including phenoxy) is 1. The van der Waals surface area contributed by atoms with E-state index in [4.69, 9.17) is 16.3 Å². The fourth-order valence-electron chi connectivity index (χ4n) is 3.41. The molecule has 0 unspecified atom stereocenters. The summed E-state index contributed by atoms with van der Waals surface area (Å²) in [5.74, 6) is -0.723. The summed E-state index contributed by atoms with van der Waals surface area (Å²) in [4.78, 5) is 40.4. The maximum atomic E-state index is 12.8. The lowest BCUT2D eigenvalue weighted by Gasteiger charge is -2.40. The van der Waals surface area contributed by atoms with E-state index in [0.717, 1.165) is 0 Å². The number of benzene rings is 1. The van der Waals surface area contributed by atoms with Crippen molar-refractivity contribution in [3.8, 4) is 0 Å². The highest BCUT2D eigenvalue weighted by Crippen LogP contribution is 2.29. The molecule has 0 saturated carbocycles. The van der Waals surface area contributed by atoms with Crippen LogP contribution >= 0.6 is 11.6 Å². The number of carbonyl (C=O) groups excluding carboxylic acids is 3. The average molecular weight is 410 g/mol. The van der Waals surface area contributed by atoms with Crippen LogP contribution in [0.1, 0.15) is 32.4 Å². The molecule has 7 nitrogen and oxygen atoms in total. The third-order valence-corrected chi connectivity index (χ3v) is 5.25. The van der Waals surface area contributed by atoms with Crippen LogP contribution in [-0.4, -0.2) is 66.9 Å². The molecule has 1 aromatic carbocycles. The minimum atomic E-state index is -0.618. The summed E-state index contributed by atoms with van der Waals surface area (Å²) in [6.45, 7) is 7.13. The molecule has 1 aliphatic heterocycles. The number of methoxy groups -OCH3 is 1. The molecule has 1 fully saturated rings. The molecule has 28 heavy (non-hydrogen) atoms. The molecule has 154 valence electrons. The first-order chi connectivity index (χ1) is 13.3. The van der Waals surface area contributed by atoms with Crippen molar-refractivity contribution in [1.82, 2.24) is 15.1 Å². The first kappa shape index (κ1) is 22.2. The lowest BCUT2D eigenvalue weighted by molar-refractivity contribution is -0.149. The van der Waals surface area contributed by atoms with Gasteiger partial charge in [0.2, 0.25) is 11.8 Å². The van der Waals surface area contributed by atoms with Crippen molar-refractivity contribution >= 4 is 29.4 Å². The molecule has 0 aromatic heterocycles. The van der Waals surface area contributed by atoms with Crippen molar-refractivity contribution in [3.63, 3.8) is 0 Å². The van der Waals surface area contributed by atoms with Crippen LogP contribution in [0.25, 0.3) is 0 Å². The minimum absolute atomic E-state index is 0.0135. The number of piperazine rings is 1. The number of hydrogen-bond donors (Lipinski definition) is 1. The lowest BCUT2D eigenvalue weighted by Crippen LogP contribution is -2.57. The van der Waals surface area contributed by atoms with E-state index in [-0.39, 0.29) is 23.7 Å². The summed E-state index contributed by atoms with van der Waals surface area (Å²) in [6.07, 6.45) is 0. The molecule has 0 radical (unpaired) electrons. The number of carbonyl (C=O) groups is 3. The zero-order chi connectivity index (χ0) is 20.8. The van der Waals surface area contributed by atoms with Gasteiger partial charge in [0.1, 0.15) is 12.1 Å². The van der Waals surface area contributed by atoms with Crippen LogP contribution in [0.5, 0.6) is 0 Å². The standard InChI is InChI=1S/C20H28ClN3O4/c1-13(2)17(22-14(3)25)19(26)24-11-9-23(10-12-24)18(20(27)28-4)15-7-5-6-8-16(15)21/h5-8,13,17-18H,9-12H2,1-4H3,(H,22,25)/t17-,18+/m1/s1. The van der Waals surface area contributed by atoms with E-state index in [9.17, 15) is 14.4 Å². The van der Waals surface area contributed by atoms with Crippen molar-refractivity contribution < 1.29 is 19.1 Å². The third-order valence-electron chi connectivity index (χ3n) is 4.91. The molecule has 0 aliphatic carbocycles. The molecule has 1 saturated heterocycles. The van der Waals surface area contributed by atoms with Gasteiger partial charge < -0.3 is 15.0 Å². The zero-order valence-corrected chi connectivity index (χ0v) is 17.5. The molecule has 0 bridgehead atoms. The van der Waals surface area contributed by atoms with Crippen LogP contribution in [0.2, 0.25) is 5.02 Å². The Bertz CT molecular complexity index is 717. The number of hydrogen-bond acceptors (Lipinski definition) is 5. The molecule has 1 N–H and O–H groups in total. The number of halogens is 1. The van der Waals surface area contributed by atoms with Crippen LogP contribution in [0.4, 0.5) is 0 Å². The Hall–Kier alpha value is -2.12. The van der Waals surface area contributed by atoms with Crippen molar-refractivity contribution in [2.24, 2.45) is 5.92 Å². The van der Waals surface area contributed by atoms with E-state index >= 15 is 0 Å². The van der Waals surface area contributed by atoms with Crippen molar-refractivity contribution in [2.75, 3.05) is 33.3 Å². The van der Waals surface area contributed by atoms with Gasteiger partial charge in [-0.15, -0.1) is 0 Å². The molecule has 8 heteroatoms. The fraction of sp³-hybridized carbons (Fsp3) is 0.550. The van der Waals surface area contributed by atoms with Crippen LogP contribution in [0.15, 0.2) is 24.3 Å². The summed E-state index contributed by atoms with van der Waals surface area (Å²) in [5.41, 5.74) is 0.689. The summed E-state index contributed by atoms with van der Waals surface area (Å²) >= 11 is 6.30. The summed E-state index contributed by atoms with van der Waals surface area (Å²) in [7, 11) is 1.35. The molecule has 2 atom stereocenters. The largest absolute Gasteiger partial charge is 0.468 e. The number of esters is 1. The van der Waals surface area contributed by atoms with Crippen molar-refractivity contribution in [3.05, 3.63) is 34.9 Å². The topological polar surface area (TPSA) is 79.0 Å². The SMILES string of the molecule is COC(=O)[C@H](c1ccccc1Cl)N1CCN(C(=O)[C@H](NC(C)=O)C(C)C)CC1. The number of nitrogens with one attached hydrogen (secondary N) is 1. The first-order valence-corrected chi connectivity index (χ1v) is 9.76. The van der Waals surface area contributed by atoms with Crippen LogP contribution in [-0.2, 0) is 19.1 Å². The van der Waals surface area contributed by atoms with Gasteiger partial charge >= 0.3 is 5.97 Å². The van der Waals surface area contributed by atoms with Crippen LogP contribution in [0, 0.1) is 5.92 Å². The molecular weight excluding hydrogens is 382 g/mol. The maximum absolute atomic E-state index is 12.8. The van der Waals surface area contributed by atoms with E-state index in [0.29, 0.717) is 36.8 Å². The van der Waals surface area contributed by atoms with E-state index < -0.39 is 12.1 Å². The number of rotatable bonds is 6. The molecule has 1 heterocycles. The van der Waals surface area contributed by atoms with E-state index in [1.807, 2.05) is 36.9 Å². The van der Waals surface area contributed by atoms with Gasteiger partial charge in [-0.3, -0.25) is 14.5 Å². The normalized spacial score (nSPS) is 17.1. The highest BCUT2D eigenvalue weighted by molar-refractivity contribution is 6.31. The lowest BCUT2D eigenvalue weighted by atomic mass is 10.0. The van der Waals surface area contributed by atoms with Gasteiger partial charge in [0.05, 0.1) is 7.11 Å². The molecule has 2 rings (SSSR count). The molecule has 1 aliphatic rings. The van der Waals surface area contributed by atoms with E-state index in [2.05, 4.69) is 5.32 Å². The Morgan fingerprint density at radius 1 is 1.11 bits per heavy atom. The Morgan fingerprint density at radius 3 is 2.21 bits per heavy atom. The second-order valence-electron chi connectivity index (χ2n) is 7.23. The third kappa shape index (κ3) is 5.23. The van der Waals surface area contributed by atoms with Gasteiger partial charge in [0.25, 0.3) is 0 Å². The second-order valence-corrected chi connectivity index (χ2v) is 7.64. The summed E-state index contributed by atoms with van der Waals surface area (Å²) in [5, 5.41) is 3.24. The average Bonchev–Trinajstić information content (AvgIpc) is 2.67. The van der Waals surface area contributed by atoms with Gasteiger partial charge in [0.15, 0.2) is 0 Å². The van der Waals surface area contributed by atoms with Crippen molar-refractivity contribution in [1.29, 1.82) is 0 Å². The Morgan fingerprint density at radius 2 is 1.71 bits per heavy atom.